The zero-order valence-electron chi connectivity index (χ0n) is 8.83. The molecule has 0 saturated carbocycles. The predicted molar refractivity (Wildman–Crippen MR) is 65.4 cm³/mol. The molecule has 0 spiro atoms. The van der Waals surface area contributed by atoms with E-state index in [4.69, 9.17) is 0 Å². The van der Waals surface area contributed by atoms with E-state index in [2.05, 4.69) is 19.9 Å². The molecule has 3 rings (SSSR count). The van der Waals surface area contributed by atoms with E-state index in [9.17, 15) is 9.59 Å². The molecule has 17 heavy (non-hydrogen) atoms. The van der Waals surface area contributed by atoms with Crippen molar-refractivity contribution in [3.05, 3.63) is 37.8 Å². The average molecular weight is 248 g/mol. The Morgan fingerprint density at radius 1 is 1.24 bits per heavy atom. The van der Waals surface area contributed by atoms with Gasteiger partial charge in [-0.1, -0.05) is 0 Å². The van der Waals surface area contributed by atoms with Crippen LogP contribution in [0.2, 0.25) is 0 Å². The quantitative estimate of drug-likeness (QED) is 0.599. The van der Waals surface area contributed by atoms with Crippen LogP contribution < -0.4 is 11.2 Å². The molecule has 3 aromatic heterocycles. The molecule has 0 aromatic carbocycles. The second-order valence-electron chi connectivity index (χ2n) is 3.65. The van der Waals surface area contributed by atoms with E-state index in [0.717, 1.165) is 10.4 Å². The van der Waals surface area contributed by atoms with Crippen LogP contribution in [0.15, 0.2) is 21.0 Å². The van der Waals surface area contributed by atoms with Gasteiger partial charge in [0.2, 0.25) is 0 Å². The van der Waals surface area contributed by atoms with Gasteiger partial charge >= 0.3 is 5.69 Å². The lowest BCUT2D eigenvalue weighted by Gasteiger charge is -1.91. The van der Waals surface area contributed by atoms with Gasteiger partial charge in [0.15, 0.2) is 11.5 Å². The van der Waals surface area contributed by atoms with Crippen LogP contribution in [0.4, 0.5) is 0 Å². The number of imidazole rings is 1. The maximum Gasteiger partial charge on any atom is 0.327 e. The van der Waals surface area contributed by atoms with Gasteiger partial charge in [-0.15, -0.1) is 11.3 Å². The minimum absolute atomic E-state index is 0.279. The highest BCUT2D eigenvalue weighted by Gasteiger charge is 2.11. The molecule has 7 heteroatoms. The number of fused-ring (bicyclic) bond motifs is 1. The van der Waals surface area contributed by atoms with Crippen molar-refractivity contribution in [3.8, 4) is 10.7 Å². The van der Waals surface area contributed by atoms with Crippen LogP contribution in [0.25, 0.3) is 21.9 Å². The lowest BCUT2D eigenvalue weighted by Crippen LogP contribution is -2.21. The van der Waals surface area contributed by atoms with Gasteiger partial charge in [-0.2, -0.15) is 0 Å². The van der Waals surface area contributed by atoms with Crippen LogP contribution in [0.5, 0.6) is 0 Å². The molecule has 3 N–H and O–H groups in total. The maximum absolute atomic E-state index is 11.5. The number of aryl methyl sites for hydroxylation is 1. The Balaban J connectivity index is 2.35. The van der Waals surface area contributed by atoms with Crippen molar-refractivity contribution in [1.29, 1.82) is 0 Å². The van der Waals surface area contributed by atoms with Gasteiger partial charge in [-0.25, -0.2) is 9.78 Å². The van der Waals surface area contributed by atoms with E-state index in [1.807, 2.05) is 18.4 Å². The fourth-order valence-corrected chi connectivity index (χ4v) is 2.53. The summed E-state index contributed by atoms with van der Waals surface area (Å²) in [5.74, 6) is 0.597. The molecule has 0 radical (unpaired) electrons. The Labute approximate surface area is 98.4 Å². The number of nitrogens with one attached hydrogen (secondary N) is 3. The molecule has 0 unspecified atom stereocenters. The van der Waals surface area contributed by atoms with Gasteiger partial charge in [0.25, 0.3) is 5.56 Å². The van der Waals surface area contributed by atoms with Gasteiger partial charge < -0.3 is 4.98 Å². The predicted octanol–water partition coefficient (Wildman–Crippen LogP) is 0.976. The first-order chi connectivity index (χ1) is 8.15. The topological polar surface area (TPSA) is 94.4 Å². The van der Waals surface area contributed by atoms with Gasteiger partial charge in [0.05, 0.1) is 4.88 Å². The molecule has 0 aliphatic carbocycles. The molecule has 0 aliphatic heterocycles. The molecule has 0 aliphatic rings. The lowest BCUT2D eigenvalue weighted by molar-refractivity contribution is 1.07. The zero-order valence-corrected chi connectivity index (χ0v) is 9.64. The van der Waals surface area contributed by atoms with Gasteiger partial charge in [0.1, 0.15) is 5.52 Å². The van der Waals surface area contributed by atoms with Crippen molar-refractivity contribution in [3.63, 3.8) is 0 Å². The summed E-state index contributed by atoms with van der Waals surface area (Å²) < 4.78 is 0. The number of hydrogen-bond donors (Lipinski definition) is 3. The minimum atomic E-state index is -0.552. The highest BCUT2D eigenvalue weighted by molar-refractivity contribution is 7.13. The molecule has 3 aromatic rings. The molecule has 0 amide bonds. The summed E-state index contributed by atoms with van der Waals surface area (Å²) in [6.07, 6.45) is 0. The summed E-state index contributed by atoms with van der Waals surface area (Å²) in [5, 5.41) is 1.95. The first-order valence-electron chi connectivity index (χ1n) is 4.92. The summed E-state index contributed by atoms with van der Waals surface area (Å²) >= 11 is 1.53. The molecule has 3 heterocycles. The molecule has 0 fully saturated rings. The van der Waals surface area contributed by atoms with Crippen molar-refractivity contribution in [2.75, 3.05) is 0 Å². The summed E-state index contributed by atoms with van der Waals surface area (Å²) in [4.78, 5) is 35.4. The van der Waals surface area contributed by atoms with Crippen molar-refractivity contribution in [1.82, 2.24) is 19.9 Å². The second kappa shape index (κ2) is 3.42. The molecule has 0 saturated heterocycles. The van der Waals surface area contributed by atoms with E-state index in [1.165, 1.54) is 11.3 Å². The Morgan fingerprint density at radius 3 is 2.76 bits per heavy atom. The van der Waals surface area contributed by atoms with Crippen LogP contribution in [-0.2, 0) is 0 Å². The third-order valence-corrected chi connectivity index (χ3v) is 3.49. The fourth-order valence-electron chi connectivity index (χ4n) is 1.66. The number of aromatic amines is 3. The Hall–Kier alpha value is -2.15. The van der Waals surface area contributed by atoms with Crippen LogP contribution in [0, 0.1) is 6.92 Å². The molecular weight excluding hydrogens is 240 g/mol. The van der Waals surface area contributed by atoms with Crippen molar-refractivity contribution in [2.24, 2.45) is 0 Å². The van der Waals surface area contributed by atoms with E-state index in [-0.39, 0.29) is 11.2 Å². The first-order valence-corrected chi connectivity index (χ1v) is 5.80. The van der Waals surface area contributed by atoms with Crippen molar-refractivity contribution < 1.29 is 0 Å². The molecule has 0 bridgehead atoms. The fraction of sp³-hybridized carbons (Fsp3) is 0.100. The molecular formula is C10H8N4O2S. The Morgan fingerprint density at radius 2 is 2.06 bits per heavy atom. The number of H-pyrrole nitrogens is 3. The van der Waals surface area contributed by atoms with Crippen molar-refractivity contribution >= 4 is 22.5 Å². The monoisotopic (exact) mass is 248 g/mol. The Kier molecular flexibility index (Phi) is 2.02. The van der Waals surface area contributed by atoms with E-state index < -0.39 is 11.2 Å². The zero-order chi connectivity index (χ0) is 12.0. The Bertz CT molecular complexity index is 807. The van der Waals surface area contributed by atoms with Gasteiger partial charge in [0, 0.05) is 0 Å². The van der Waals surface area contributed by atoms with E-state index >= 15 is 0 Å². The first kappa shape index (κ1) is 10.0. The highest BCUT2D eigenvalue weighted by Crippen LogP contribution is 2.26. The minimum Gasteiger partial charge on any atom is -0.331 e. The summed E-state index contributed by atoms with van der Waals surface area (Å²) in [7, 11) is 0. The molecule has 0 atom stereocenters. The van der Waals surface area contributed by atoms with Crippen LogP contribution in [0.3, 0.4) is 0 Å². The van der Waals surface area contributed by atoms with E-state index in [0.29, 0.717) is 5.82 Å². The summed E-state index contributed by atoms with van der Waals surface area (Å²) in [6, 6.07) is 1.97. The standard InChI is InChI=1S/C10H8N4O2S/c1-4-2-3-17-6(4)8-11-5-7(12-8)13-10(16)14-9(5)15/h2-3H,1H3,(H3,11,12,13,14,15,16). The normalized spacial score (nSPS) is 11.1. The van der Waals surface area contributed by atoms with Crippen LogP contribution >= 0.6 is 11.3 Å². The molecule has 6 nitrogen and oxygen atoms in total. The summed E-state index contributed by atoms with van der Waals surface area (Å²) in [5.41, 5.74) is 0.627. The third kappa shape index (κ3) is 1.51. The number of thiophene rings is 1. The third-order valence-electron chi connectivity index (χ3n) is 2.47. The lowest BCUT2D eigenvalue weighted by atomic mass is 10.3. The van der Waals surface area contributed by atoms with Crippen LogP contribution in [0.1, 0.15) is 5.56 Å². The van der Waals surface area contributed by atoms with Gasteiger partial charge in [-0.05, 0) is 23.9 Å². The summed E-state index contributed by atoms with van der Waals surface area (Å²) in [6.45, 7) is 1.96. The van der Waals surface area contributed by atoms with E-state index in [1.54, 1.807) is 0 Å². The number of aromatic nitrogens is 4. The highest BCUT2D eigenvalue weighted by atomic mass is 32.1. The van der Waals surface area contributed by atoms with Gasteiger partial charge in [-0.3, -0.25) is 14.8 Å². The largest absolute Gasteiger partial charge is 0.331 e. The number of hydrogen-bond acceptors (Lipinski definition) is 4. The SMILES string of the molecule is Cc1ccsc1-c1nc2[nH]c(=O)[nH]c(=O)c2[nH]1. The average Bonchev–Trinajstić information content (AvgIpc) is 2.83. The molecule has 86 valence electrons. The van der Waals surface area contributed by atoms with Crippen molar-refractivity contribution in [2.45, 2.75) is 6.92 Å². The maximum atomic E-state index is 11.5. The second-order valence-corrected chi connectivity index (χ2v) is 4.57. The number of rotatable bonds is 1. The number of nitrogens with zero attached hydrogens (tertiary/aromatic N) is 1. The van der Waals surface area contributed by atoms with Crippen LogP contribution in [-0.4, -0.2) is 19.9 Å². The smallest absolute Gasteiger partial charge is 0.327 e.